The molecule has 4 aromatic rings. The van der Waals surface area contributed by atoms with E-state index >= 15 is 0 Å². The molecule has 1 nitrogen and oxygen atoms in total. The highest BCUT2D eigenvalue weighted by Gasteiger charge is 2.23. The lowest BCUT2D eigenvalue weighted by molar-refractivity contribution is 1.24. The van der Waals surface area contributed by atoms with E-state index in [4.69, 9.17) is 0 Å². The molecule has 0 fully saturated rings. The average molecular weight is 280 g/mol. The Labute approximate surface area is 130 Å². The molecular formula is C20H15BN. The zero-order valence-electron chi connectivity index (χ0n) is 12.5. The van der Waals surface area contributed by atoms with Crippen molar-refractivity contribution in [3.8, 4) is 11.1 Å². The lowest BCUT2D eigenvalue weighted by Gasteiger charge is -2.07. The molecule has 0 amide bonds. The zero-order chi connectivity index (χ0) is 14.7. The molecule has 0 N–H and O–H groups in total. The molecule has 5 rings (SSSR count). The molecule has 0 bridgehead atoms. The summed E-state index contributed by atoms with van der Waals surface area (Å²) in [5.41, 5.74) is 8.37. The van der Waals surface area contributed by atoms with Gasteiger partial charge in [0.2, 0.25) is 7.41 Å². The van der Waals surface area contributed by atoms with Crippen molar-refractivity contribution in [1.29, 1.82) is 0 Å². The van der Waals surface area contributed by atoms with Crippen molar-refractivity contribution < 1.29 is 0 Å². The van der Waals surface area contributed by atoms with Gasteiger partial charge in [-0.1, -0.05) is 61.4 Å². The number of hydrogen-bond donors (Lipinski definition) is 0. The van der Waals surface area contributed by atoms with E-state index < -0.39 is 0 Å². The van der Waals surface area contributed by atoms with Crippen LogP contribution in [0.3, 0.4) is 0 Å². The van der Waals surface area contributed by atoms with Crippen molar-refractivity contribution in [2.24, 2.45) is 0 Å². The van der Waals surface area contributed by atoms with Crippen LogP contribution in [0, 0.1) is 0 Å². The van der Waals surface area contributed by atoms with Crippen LogP contribution in [-0.2, 0) is 6.42 Å². The van der Waals surface area contributed by atoms with Crippen molar-refractivity contribution in [2.45, 2.75) is 13.2 Å². The van der Waals surface area contributed by atoms with Gasteiger partial charge < -0.3 is 4.48 Å². The van der Waals surface area contributed by atoms with Crippen molar-refractivity contribution >= 4 is 29.2 Å². The van der Waals surface area contributed by atoms with Gasteiger partial charge in [-0.05, 0) is 28.3 Å². The molecule has 0 spiro atoms. The van der Waals surface area contributed by atoms with E-state index in [9.17, 15) is 0 Å². The smallest absolute Gasteiger partial charge is 0.249 e. The second-order valence-electron chi connectivity index (χ2n) is 5.97. The van der Waals surface area contributed by atoms with Crippen LogP contribution in [0.2, 0.25) is 6.82 Å². The first kappa shape index (κ1) is 12.1. The first-order valence-electron chi connectivity index (χ1n) is 7.81. The molecular weight excluding hydrogens is 265 g/mol. The highest BCUT2D eigenvalue weighted by Crippen LogP contribution is 2.42. The molecule has 22 heavy (non-hydrogen) atoms. The Morgan fingerprint density at radius 2 is 1.64 bits per heavy atom. The van der Waals surface area contributed by atoms with Crippen LogP contribution in [0.5, 0.6) is 0 Å². The van der Waals surface area contributed by atoms with Gasteiger partial charge in [-0.15, -0.1) is 0 Å². The van der Waals surface area contributed by atoms with Gasteiger partial charge >= 0.3 is 0 Å². The molecule has 1 aromatic heterocycles. The van der Waals surface area contributed by atoms with Crippen molar-refractivity contribution in [3.05, 3.63) is 71.8 Å². The quantitative estimate of drug-likeness (QED) is 0.386. The minimum Gasteiger partial charge on any atom is -0.390 e. The van der Waals surface area contributed by atoms with Crippen LogP contribution < -0.4 is 0 Å². The third kappa shape index (κ3) is 1.40. The maximum atomic E-state index is 2.36. The third-order valence-electron chi connectivity index (χ3n) is 4.91. The van der Waals surface area contributed by atoms with E-state index in [1.54, 1.807) is 0 Å². The maximum absolute atomic E-state index is 2.36. The molecule has 103 valence electrons. The number of para-hydroxylation sites is 1. The van der Waals surface area contributed by atoms with Crippen LogP contribution in [0.1, 0.15) is 11.1 Å². The molecule has 1 heterocycles. The van der Waals surface area contributed by atoms with E-state index in [0.29, 0.717) is 0 Å². The summed E-state index contributed by atoms with van der Waals surface area (Å²) in [6, 6.07) is 22.1. The van der Waals surface area contributed by atoms with E-state index in [-0.39, 0.29) is 0 Å². The van der Waals surface area contributed by atoms with Gasteiger partial charge in [0, 0.05) is 28.2 Å². The Kier molecular flexibility index (Phi) is 2.35. The third-order valence-corrected chi connectivity index (χ3v) is 4.91. The summed E-state index contributed by atoms with van der Waals surface area (Å²) in [6.45, 7) is 2.12. The van der Waals surface area contributed by atoms with Gasteiger partial charge in [0.15, 0.2) is 0 Å². The summed E-state index contributed by atoms with van der Waals surface area (Å²) < 4.78 is 2.36. The second-order valence-corrected chi connectivity index (χ2v) is 5.97. The number of rotatable bonds is 1. The Bertz CT molecular complexity index is 1040. The average Bonchev–Trinajstić information content (AvgIpc) is 3.10. The van der Waals surface area contributed by atoms with Crippen LogP contribution in [0.4, 0.5) is 0 Å². The number of benzene rings is 3. The topological polar surface area (TPSA) is 4.93 Å². The van der Waals surface area contributed by atoms with Crippen molar-refractivity contribution in [2.75, 3.05) is 0 Å². The molecule has 0 saturated carbocycles. The van der Waals surface area contributed by atoms with Crippen molar-refractivity contribution in [1.82, 2.24) is 4.48 Å². The summed E-state index contributed by atoms with van der Waals surface area (Å²) in [4.78, 5) is 0. The number of aromatic nitrogens is 1. The molecule has 3 aromatic carbocycles. The summed E-state index contributed by atoms with van der Waals surface area (Å²) in [6.07, 6.45) is 1.03. The van der Waals surface area contributed by atoms with Crippen LogP contribution >= 0.6 is 0 Å². The number of nitrogens with zero attached hydrogens (tertiary/aromatic N) is 1. The summed E-state index contributed by atoms with van der Waals surface area (Å²) in [5, 5.41) is 2.70. The van der Waals surface area contributed by atoms with Gasteiger partial charge in [0.1, 0.15) is 0 Å². The first-order valence-corrected chi connectivity index (χ1v) is 7.81. The minimum absolute atomic E-state index is 1.03. The molecule has 1 aliphatic carbocycles. The van der Waals surface area contributed by atoms with Crippen molar-refractivity contribution in [3.63, 3.8) is 0 Å². The molecule has 0 saturated heterocycles. The lowest BCUT2D eigenvalue weighted by Crippen LogP contribution is -2.02. The summed E-state index contributed by atoms with van der Waals surface area (Å²) in [5.74, 6) is 0. The molecule has 0 aliphatic heterocycles. The highest BCUT2D eigenvalue weighted by atomic mass is 14.9. The van der Waals surface area contributed by atoms with Gasteiger partial charge in [-0.3, -0.25) is 0 Å². The van der Waals surface area contributed by atoms with E-state index in [2.05, 4.69) is 79.4 Å². The predicted octanol–water partition coefficient (Wildman–Crippen LogP) is 4.88. The van der Waals surface area contributed by atoms with E-state index in [1.807, 2.05) is 0 Å². The fourth-order valence-electron chi connectivity index (χ4n) is 3.99. The Hall–Kier alpha value is -2.48. The Morgan fingerprint density at radius 1 is 0.818 bits per heavy atom. The minimum atomic E-state index is 1.03. The first-order chi connectivity index (χ1) is 10.9. The summed E-state index contributed by atoms with van der Waals surface area (Å²) in [7, 11) is 2.19. The zero-order valence-corrected chi connectivity index (χ0v) is 12.5. The monoisotopic (exact) mass is 280 g/mol. The Morgan fingerprint density at radius 3 is 2.55 bits per heavy atom. The Balaban J connectivity index is 1.97. The largest absolute Gasteiger partial charge is 0.390 e. The maximum Gasteiger partial charge on any atom is 0.249 e. The SMILES string of the molecule is C[B]n1c2ccccc2c2ccc3c(c21)Cc1ccccc1-3. The van der Waals surface area contributed by atoms with Gasteiger partial charge in [0.05, 0.1) is 0 Å². The van der Waals surface area contributed by atoms with Crippen LogP contribution in [0.15, 0.2) is 60.7 Å². The normalized spacial score (nSPS) is 12.6. The standard InChI is InChI=1S/C20H15BN/c1-21-22-19-9-5-4-8-16(19)17-11-10-15-14-7-3-2-6-13(14)12-18(15)20(17)22/h2-11H,12H2,1H3. The highest BCUT2D eigenvalue weighted by molar-refractivity contribution is 6.38. The summed E-state index contributed by atoms with van der Waals surface area (Å²) >= 11 is 0. The lowest BCUT2D eigenvalue weighted by atomic mass is 9.97. The fourth-order valence-corrected chi connectivity index (χ4v) is 3.99. The van der Waals surface area contributed by atoms with Crippen LogP contribution in [0.25, 0.3) is 32.9 Å². The second kappa shape index (κ2) is 4.26. The van der Waals surface area contributed by atoms with E-state index in [0.717, 1.165) is 6.42 Å². The molecule has 0 atom stereocenters. The molecule has 1 aliphatic rings. The molecule has 0 unspecified atom stereocenters. The number of hydrogen-bond acceptors (Lipinski definition) is 0. The molecule has 2 heteroatoms. The van der Waals surface area contributed by atoms with Gasteiger partial charge in [-0.25, -0.2) is 0 Å². The fraction of sp³-hybridized carbons (Fsp3) is 0.100. The predicted molar refractivity (Wildman–Crippen MR) is 94.7 cm³/mol. The molecule has 1 radical (unpaired) electrons. The van der Waals surface area contributed by atoms with Crippen LogP contribution in [-0.4, -0.2) is 11.9 Å². The number of fused-ring (bicyclic) bond motifs is 7. The van der Waals surface area contributed by atoms with E-state index in [1.165, 1.54) is 44.1 Å². The van der Waals surface area contributed by atoms with Gasteiger partial charge in [0.25, 0.3) is 0 Å². The van der Waals surface area contributed by atoms with Gasteiger partial charge in [-0.2, -0.15) is 0 Å².